The highest BCUT2D eigenvalue weighted by atomic mass is 79.9. The predicted molar refractivity (Wildman–Crippen MR) is 54.9 cm³/mol. The molecule has 0 aromatic heterocycles. The first-order valence-corrected chi connectivity index (χ1v) is 4.66. The van der Waals surface area contributed by atoms with E-state index in [9.17, 15) is 10.1 Å². The lowest BCUT2D eigenvalue weighted by atomic mass is 10.1. The van der Waals surface area contributed by atoms with Crippen molar-refractivity contribution in [1.82, 2.24) is 0 Å². The van der Waals surface area contributed by atoms with E-state index in [2.05, 4.69) is 15.9 Å². The van der Waals surface area contributed by atoms with Crippen molar-refractivity contribution in [3.8, 4) is 6.07 Å². The summed E-state index contributed by atoms with van der Waals surface area (Å²) in [5, 5.41) is 19.2. The van der Waals surface area contributed by atoms with Crippen LogP contribution >= 0.6 is 15.9 Å². The quantitative estimate of drug-likeness (QED) is 0.602. The third kappa shape index (κ3) is 1.91. The summed E-state index contributed by atoms with van der Waals surface area (Å²) in [5.74, 6) is 0. The molecule has 0 radical (unpaired) electrons. The van der Waals surface area contributed by atoms with E-state index in [0.29, 0.717) is 15.6 Å². The van der Waals surface area contributed by atoms with E-state index in [1.165, 1.54) is 0 Å². The van der Waals surface area contributed by atoms with Crippen molar-refractivity contribution in [2.75, 3.05) is 0 Å². The van der Waals surface area contributed by atoms with Crippen LogP contribution in [0.1, 0.15) is 11.1 Å². The fraction of sp³-hybridized carbons (Fsp3) is 0.222. The van der Waals surface area contributed by atoms with E-state index in [1.54, 1.807) is 19.1 Å². The number of nitro groups is 1. The lowest BCUT2D eigenvalue weighted by molar-refractivity contribution is -0.386. The molecule has 1 aromatic rings. The van der Waals surface area contributed by atoms with Gasteiger partial charge in [0.1, 0.15) is 0 Å². The molecule has 0 N–H and O–H groups in total. The van der Waals surface area contributed by atoms with Gasteiger partial charge < -0.3 is 0 Å². The molecule has 0 amide bonds. The van der Waals surface area contributed by atoms with Crippen LogP contribution < -0.4 is 0 Å². The zero-order valence-electron chi connectivity index (χ0n) is 7.45. The normalized spacial score (nSPS) is 9.50. The minimum absolute atomic E-state index is 0.0396. The van der Waals surface area contributed by atoms with E-state index < -0.39 is 4.92 Å². The van der Waals surface area contributed by atoms with Crippen LogP contribution in [0.25, 0.3) is 0 Å². The van der Waals surface area contributed by atoms with Crippen molar-refractivity contribution in [2.24, 2.45) is 0 Å². The molecule has 0 fully saturated rings. The fourth-order valence-electron chi connectivity index (χ4n) is 1.15. The summed E-state index contributed by atoms with van der Waals surface area (Å²) >= 11 is 3.14. The maximum Gasteiger partial charge on any atom is 0.286 e. The standard InChI is InChI=1S/C9H7BrN2O2/c1-6-2-3-7(4-5-11)8(10)9(6)12(13)14/h2-3H,4H2,1H3. The first-order valence-electron chi connectivity index (χ1n) is 3.87. The van der Waals surface area contributed by atoms with E-state index in [4.69, 9.17) is 5.26 Å². The molecule has 1 rings (SSSR count). The third-order valence-electron chi connectivity index (χ3n) is 1.85. The first-order chi connectivity index (χ1) is 6.57. The Balaban J connectivity index is 3.35. The third-order valence-corrected chi connectivity index (χ3v) is 2.73. The summed E-state index contributed by atoms with van der Waals surface area (Å²) in [6.07, 6.45) is 0.168. The molecular formula is C9H7BrN2O2. The van der Waals surface area contributed by atoms with Crippen LogP contribution in [0.4, 0.5) is 5.69 Å². The first kappa shape index (κ1) is 10.7. The SMILES string of the molecule is Cc1ccc(CC#N)c(Br)c1[N+](=O)[O-]. The van der Waals surface area contributed by atoms with Gasteiger partial charge in [0.2, 0.25) is 0 Å². The number of halogens is 1. The molecule has 0 aliphatic heterocycles. The van der Waals surface area contributed by atoms with Crippen LogP contribution in [-0.2, 0) is 6.42 Å². The molecule has 0 spiro atoms. The molecule has 14 heavy (non-hydrogen) atoms. The van der Waals surface area contributed by atoms with Gasteiger partial charge in [0.25, 0.3) is 5.69 Å². The second-order valence-electron chi connectivity index (χ2n) is 2.80. The minimum atomic E-state index is -0.444. The topological polar surface area (TPSA) is 66.9 Å². The summed E-state index contributed by atoms with van der Waals surface area (Å²) in [7, 11) is 0. The van der Waals surface area contributed by atoms with Gasteiger partial charge >= 0.3 is 0 Å². The molecule has 0 saturated heterocycles. The number of rotatable bonds is 2. The van der Waals surface area contributed by atoms with Crippen molar-refractivity contribution in [3.63, 3.8) is 0 Å². The van der Waals surface area contributed by atoms with Crippen LogP contribution in [0.2, 0.25) is 0 Å². The number of benzene rings is 1. The van der Waals surface area contributed by atoms with Gasteiger partial charge in [0.15, 0.2) is 0 Å². The van der Waals surface area contributed by atoms with Crippen LogP contribution in [0, 0.1) is 28.4 Å². The second-order valence-corrected chi connectivity index (χ2v) is 3.59. The van der Waals surface area contributed by atoms with Crippen LogP contribution in [-0.4, -0.2) is 4.92 Å². The average molecular weight is 255 g/mol. The number of aryl methyl sites for hydroxylation is 1. The number of hydrogen-bond donors (Lipinski definition) is 0. The van der Waals surface area contributed by atoms with Crippen molar-refractivity contribution in [2.45, 2.75) is 13.3 Å². The number of nitro benzene ring substituents is 1. The molecule has 4 nitrogen and oxygen atoms in total. The second kappa shape index (κ2) is 4.20. The number of nitriles is 1. The Morgan fingerprint density at radius 3 is 2.79 bits per heavy atom. The molecule has 0 atom stereocenters. The van der Waals surface area contributed by atoms with Gasteiger partial charge in [-0.2, -0.15) is 5.26 Å². The summed E-state index contributed by atoms with van der Waals surface area (Å²) in [4.78, 5) is 10.2. The van der Waals surface area contributed by atoms with Gasteiger partial charge in [0, 0.05) is 5.56 Å². The Kier molecular flexibility index (Phi) is 3.20. The molecule has 0 unspecified atom stereocenters. The molecule has 0 aliphatic carbocycles. The lowest BCUT2D eigenvalue weighted by Gasteiger charge is -2.03. The van der Waals surface area contributed by atoms with E-state index in [1.807, 2.05) is 6.07 Å². The molecule has 1 aromatic carbocycles. The minimum Gasteiger partial charge on any atom is -0.258 e. The van der Waals surface area contributed by atoms with Gasteiger partial charge in [-0.15, -0.1) is 0 Å². The summed E-state index contributed by atoms with van der Waals surface area (Å²) in [5.41, 5.74) is 1.27. The molecular weight excluding hydrogens is 248 g/mol. The zero-order valence-corrected chi connectivity index (χ0v) is 9.04. The van der Waals surface area contributed by atoms with Crippen molar-refractivity contribution >= 4 is 21.6 Å². The number of nitrogens with zero attached hydrogens (tertiary/aromatic N) is 2. The summed E-state index contributed by atoms with van der Waals surface area (Å²) < 4.78 is 0.407. The van der Waals surface area contributed by atoms with Gasteiger partial charge in [-0.1, -0.05) is 12.1 Å². The van der Waals surface area contributed by atoms with Crippen molar-refractivity contribution in [1.29, 1.82) is 5.26 Å². The highest BCUT2D eigenvalue weighted by Gasteiger charge is 2.18. The molecule has 72 valence electrons. The highest BCUT2D eigenvalue weighted by molar-refractivity contribution is 9.10. The molecule has 0 heterocycles. The Labute approximate surface area is 89.4 Å². The molecule has 0 aliphatic rings. The fourth-order valence-corrected chi connectivity index (χ4v) is 1.88. The Bertz CT molecular complexity index is 424. The number of hydrogen-bond acceptors (Lipinski definition) is 3. The molecule has 5 heteroatoms. The average Bonchev–Trinajstić information content (AvgIpc) is 2.10. The van der Waals surface area contributed by atoms with Crippen LogP contribution in [0.5, 0.6) is 0 Å². The zero-order chi connectivity index (χ0) is 10.7. The highest BCUT2D eigenvalue weighted by Crippen LogP contribution is 2.31. The maximum atomic E-state index is 10.7. The lowest BCUT2D eigenvalue weighted by Crippen LogP contribution is -1.96. The Morgan fingerprint density at radius 2 is 2.29 bits per heavy atom. The van der Waals surface area contributed by atoms with Crippen molar-refractivity contribution in [3.05, 3.63) is 37.8 Å². The van der Waals surface area contributed by atoms with Crippen molar-refractivity contribution < 1.29 is 4.92 Å². The van der Waals surface area contributed by atoms with Gasteiger partial charge in [-0.3, -0.25) is 10.1 Å². The van der Waals surface area contributed by atoms with E-state index in [-0.39, 0.29) is 12.1 Å². The van der Waals surface area contributed by atoms with E-state index in [0.717, 1.165) is 0 Å². The van der Waals surface area contributed by atoms with Crippen LogP contribution in [0.3, 0.4) is 0 Å². The largest absolute Gasteiger partial charge is 0.286 e. The smallest absolute Gasteiger partial charge is 0.258 e. The monoisotopic (exact) mass is 254 g/mol. The molecule has 0 saturated carbocycles. The molecule has 0 bridgehead atoms. The maximum absolute atomic E-state index is 10.7. The van der Waals surface area contributed by atoms with Gasteiger partial charge in [-0.25, -0.2) is 0 Å². The predicted octanol–water partition coefficient (Wildman–Crippen LogP) is 2.73. The summed E-state index contributed by atoms with van der Waals surface area (Å²) in [6, 6.07) is 5.32. The Morgan fingerprint density at radius 1 is 1.64 bits per heavy atom. The van der Waals surface area contributed by atoms with Gasteiger partial charge in [0.05, 0.1) is 21.9 Å². The summed E-state index contributed by atoms with van der Waals surface area (Å²) in [6.45, 7) is 1.67. The van der Waals surface area contributed by atoms with Crippen LogP contribution in [0.15, 0.2) is 16.6 Å². The Hall–Kier alpha value is -1.41. The van der Waals surface area contributed by atoms with E-state index >= 15 is 0 Å². The van der Waals surface area contributed by atoms with Gasteiger partial charge in [-0.05, 0) is 28.4 Å².